The smallest absolute Gasteiger partial charge is 0.407 e. The first-order chi connectivity index (χ1) is 10.4. The van der Waals surface area contributed by atoms with Crippen LogP contribution in [0.4, 0.5) is 18.0 Å². The van der Waals surface area contributed by atoms with Crippen LogP contribution >= 0.6 is 0 Å². The minimum atomic E-state index is -4.13. The maximum Gasteiger partial charge on any atom is 0.407 e. The quantitative estimate of drug-likeness (QED) is 0.848. The molecular formula is C15H19F3N2O2. The van der Waals surface area contributed by atoms with Crippen LogP contribution in [0.15, 0.2) is 30.3 Å². The molecule has 122 valence electrons. The number of carbonyl (C=O) groups is 1. The minimum Gasteiger partial charge on any atom is -0.445 e. The highest BCUT2D eigenvalue weighted by molar-refractivity contribution is 5.67. The Bertz CT molecular complexity index is 473. The number of amides is 1. The molecule has 0 bridgehead atoms. The highest BCUT2D eigenvalue weighted by Crippen LogP contribution is 2.22. The molecule has 7 heteroatoms. The van der Waals surface area contributed by atoms with Crippen LogP contribution in [0.1, 0.15) is 24.8 Å². The van der Waals surface area contributed by atoms with Crippen molar-refractivity contribution in [1.82, 2.24) is 10.6 Å². The second-order valence-electron chi connectivity index (χ2n) is 5.39. The van der Waals surface area contributed by atoms with E-state index in [0.29, 0.717) is 12.8 Å². The van der Waals surface area contributed by atoms with Gasteiger partial charge in [-0.1, -0.05) is 30.3 Å². The van der Waals surface area contributed by atoms with Crippen molar-refractivity contribution in [1.29, 1.82) is 0 Å². The Morgan fingerprint density at radius 1 is 1.18 bits per heavy atom. The van der Waals surface area contributed by atoms with Gasteiger partial charge in [0, 0.05) is 18.6 Å². The number of hydrogen-bond acceptors (Lipinski definition) is 3. The zero-order chi connectivity index (χ0) is 16.0. The van der Waals surface area contributed by atoms with Crippen molar-refractivity contribution >= 4 is 6.09 Å². The van der Waals surface area contributed by atoms with Crippen LogP contribution in [-0.4, -0.2) is 30.9 Å². The summed E-state index contributed by atoms with van der Waals surface area (Å²) in [4.78, 5) is 11.6. The third kappa shape index (κ3) is 5.93. The zero-order valence-electron chi connectivity index (χ0n) is 12.0. The van der Waals surface area contributed by atoms with E-state index < -0.39 is 18.7 Å². The summed E-state index contributed by atoms with van der Waals surface area (Å²) in [5.74, 6) is 0. The number of hydrogen-bond donors (Lipinski definition) is 2. The van der Waals surface area contributed by atoms with Crippen molar-refractivity contribution in [3.63, 3.8) is 0 Å². The molecule has 0 saturated heterocycles. The summed E-state index contributed by atoms with van der Waals surface area (Å²) in [7, 11) is 0. The Balaban J connectivity index is 1.54. The number of halogens is 3. The lowest BCUT2D eigenvalue weighted by molar-refractivity contribution is -0.133. The molecule has 0 spiro atoms. The molecule has 0 heterocycles. The Labute approximate surface area is 127 Å². The van der Waals surface area contributed by atoms with Gasteiger partial charge in [0.1, 0.15) is 6.61 Å². The van der Waals surface area contributed by atoms with E-state index >= 15 is 0 Å². The summed E-state index contributed by atoms with van der Waals surface area (Å²) in [6, 6.07) is 9.31. The van der Waals surface area contributed by atoms with Crippen molar-refractivity contribution in [2.24, 2.45) is 0 Å². The van der Waals surface area contributed by atoms with E-state index in [0.717, 1.165) is 5.56 Å². The molecule has 2 N–H and O–H groups in total. The largest absolute Gasteiger partial charge is 0.445 e. The van der Waals surface area contributed by atoms with Crippen LogP contribution in [0.5, 0.6) is 0 Å². The fraction of sp³-hybridized carbons (Fsp3) is 0.533. The summed E-state index contributed by atoms with van der Waals surface area (Å²) in [6.45, 7) is 0.117. The monoisotopic (exact) mass is 316 g/mol. The van der Waals surface area contributed by atoms with Crippen LogP contribution in [0.3, 0.4) is 0 Å². The number of carbonyl (C=O) groups excluding carboxylic acids is 1. The summed E-state index contributed by atoms with van der Waals surface area (Å²) >= 11 is 0. The Morgan fingerprint density at radius 3 is 2.50 bits per heavy atom. The van der Waals surface area contributed by atoms with Gasteiger partial charge in [0.15, 0.2) is 0 Å². The van der Waals surface area contributed by atoms with Crippen molar-refractivity contribution < 1.29 is 22.7 Å². The molecule has 0 aromatic heterocycles. The number of nitrogens with one attached hydrogen (secondary N) is 2. The topological polar surface area (TPSA) is 50.4 Å². The van der Waals surface area contributed by atoms with Gasteiger partial charge >= 0.3 is 12.3 Å². The molecule has 0 radical (unpaired) electrons. The lowest BCUT2D eigenvalue weighted by atomic mass is 9.87. The van der Waals surface area contributed by atoms with Gasteiger partial charge in [-0.3, -0.25) is 0 Å². The molecule has 4 nitrogen and oxygen atoms in total. The van der Waals surface area contributed by atoms with Gasteiger partial charge < -0.3 is 15.4 Å². The number of ether oxygens (including phenoxy) is 1. The highest BCUT2D eigenvalue weighted by atomic mass is 19.4. The summed E-state index contributed by atoms with van der Waals surface area (Å²) in [6.07, 6.45) is -4.21. The van der Waals surface area contributed by atoms with E-state index in [1.807, 2.05) is 30.3 Å². The lowest BCUT2D eigenvalue weighted by Gasteiger charge is -2.36. The van der Waals surface area contributed by atoms with Crippen molar-refractivity contribution in [2.45, 2.75) is 44.1 Å². The van der Waals surface area contributed by atoms with Gasteiger partial charge in [0.25, 0.3) is 0 Å². The lowest BCUT2D eigenvalue weighted by Crippen LogP contribution is -2.52. The van der Waals surface area contributed by atoms with Crippen LogP contribution < -0.4 is 10.6 Å². The number of benzene rings is 1. The second kappa shape index (κ2) is 7.49. The third-order valence-corrected chi connectivity index (χ3v) is 3.51. The summed E-state index contributed by atoms with van der Waals surface area (Å²) in [5.41, 5.74) is 0.901. The van der Waals surface area contributed by atoms with Crippen LogP contribution in [0.25, 0.3) is 0 Å². The third-order valence-electron chi connectivity index (χ3n) is 3.51. The Morgan fingerprint density at radius 2 is 1.86 bits per heavy atom. The van der Waals surface area contributed by atoms with E-state index in [9.17, 15) is 18.0 Å². The van der Waals surface area contributed by atoms with Gasteiger partial charge in [-0.15, -0.1) is 0 Å². The van der Waals surface area contributed by atoms with E-state index in [2.05, 4.69) is 10.6 Å². The standard InChI is InChI=1S/C15H19F3N2O2/c16-15(17,18)6-7-19-12-8-13(9-12)20-14(21)22-10-11-4-2-1-3-5-11/h1-5,12-13,19H,6-10H2,(H,20,21). The molecule has 0 aliphatic heterocycles. The van der Waals surface area contributed by atoms with Crippen LogP contribution in [-0.2, 0) is 11.3 Å². The molecule has 1 amide bonds. The predicted molar refractivity (Wildman–Crippen MR) is 75.2 cm³/mol. The molecule has 2 rings (SSSR count). The minimum absolute atomic E-state index is 0.0294. The summed E-state index contributed by atoms with van der Waals surface area (Å²) < 4.78 is 41.0. The molecule has 0 unspecified atom stereocenters. The normalized spacial score (nSPS) is 21.0. The fourth-order valence-corrected chi connectivity index (χ4v) is 2.25. The van der Waals surface area contributed by atoms with E-state index in [4.69, 9.17) is 4.74 Å². The first-order valence-corrected chi connectivity index (χ1v) is 7.20. The molecule has 1 fully saturated rings. The molecule has 0 atom stereocenters. The number of rotatable bonds is 6. The summed E-state index contributed by atoms with van der Waals surface area (Å²) in [5, 5.41) is 5.52. The van der Waals surface area contributed by atoms with Gasteiger partial charge in [0.05, 0.1) is 6.42 Å². The average Bonchev–Trinajstić information content (AvgIpc) is 2.42. The van der Waals surface area contributed by atoms with Gasteiger partial charge in [0.2, 0.25) is 0 Å². The van der Waals surface area contributed by atoms with Crippen molar-refractivity contribution in [3.8, 4) is 0 Å². The molecule has 1 aromatic rings. The zero-order valence-corrected chi connectivity index (χ0v) is 12.0. The molecule has 1 aliphatic rings. The second-order valence-corrected chi connectivity index (χ2v) is 5.39. The fourth-order valence-electron chi connectivity index (χ4n) is 2.25. The van der Waals surface area contributed by atoms with E-state index in [1.165, 1.54) is 0 Å². The molecule has 1 aromatic carbocycles. The van der Waals surface area contributed by atoms with Crippen molar-refractivity contribution in [2.75, 3.05) is 6.54 Å². The molecular weight excluding hydrogens is 297 g/mol. The molecule has 22 heavy (non-hydrogen) atoms. The van der Waals surface area contributed by atoms with Crippen LogP contribution in [0.2, 0.25) is 0 Å². The Hall–Kier alpha value is -1.76. The maximum absolute atomic E-state index is 12.0. The van der Waals surface area contributed by atoms with E-state index in [-0.39, 0.29) is 25.2 Å². The van der Waals surface area contributed by atoms with Gasteiger partial charge in [-0.2, -0.15) is 13.2 Å². The molecule has 1 saturated carbocycles. The molecule has 1 aliphatic carbocycles. The number of alkyl halides is 3. The van der Waals surface area contributed by atoms with Crippen molar-refractivity contribution in [3.05, 3.63) is 35.9 Å². The SMILES string of the molecule is O=C(NC1CC(NCCC(F)(F)F)C1)OCc1ccccc1. The first-order valence-electron chi connectivity index (χ1n) is 7.20. The first kappa shape index (κ1) is 16.6. The van der Waals surface area contributed by atoms with Gasteiger partial charge in [-0.25, -0.2) is 4.79 Å². The average molecular weight is 316 g/mol. The van der Waals surface area contributed by atoms with Crippen LogP contribution in [0, 0.1) is 0 Å². The van der Waals surface area contributed by atoms with Gasteiger partial charge in [-0.05, 0) is 18.4 Å². The highest BCUT2D eigenvalue weighted by Gasteiger charge is 2.32. The van der Waals surface area contributed by atoms with E-state index in [1.54, 1.807) is 0 Å². The number of alkyl carbamates (subject to hydrolysis) is 1. The Kier molecular flexibility index (Phi) is 5.65. The maximum atomic E-state index is 12.0. The predicted octanol–water partition coefficient (Wildman–Crippen LogP) is 2.99.